The monoisotopic (exact) mass is 577 g/mol. The van der Waals surface area contributed by atoms with E-state index < -0.39 is 23.8 Å². The van der Waals surface area contributed by atoms with E-state index in [2.05, 4.69) is 17.4 Å². The first-order valence-electron chi connectivity index (χ1n) is 15.1. The van der Waals surface area contributed by atoms with E-state index in [1.807, 2.05) is 43.5 Å². The zero-order valence-electron chi connectivity index (χ0n) is 24.6. The number of carboxylic acid groups (broad SMARTS) is 1. The van der Waals surface area contributed by atoms with Crippen molar-refractivity contribution >= 4 is 35.6 Å². The number of carbonyl (C=O) groups is 4. The van der Waals surface area contributed by atoms with Crippen LogP contribution in [0.3, 0.4) is 0 Å². The molecule has 4 amide bonds. The Labute approximate surface area is 250 Å². The topological polar surface area (TPSA) is 109 Å². The Kier molecular flexibility index (Phi) is 6.24. The highest BCUT2D eigenvalue weighted by atomic mass is 16.4. The van der Waals surface area contributed by atoms with E-state index in [9.17, 15) is 24.3 Å². The van der Waals surface area contributed by atoms with Gasteiger partial charge in [-0.3, -0.25) is 14.9 Å². The number of amides is 4. The van der Waals surface area contributed by atoms with Crippen molar-refractivity contribution in [3.05, 3.63) is 87.7 Å². The molecule has 2 N–H and O–H groups in total. The van der Waals surface area contributed by atoms with Gasteiger partial charge >= 0.3 is 12.0 Å². The van der Waals surface area contributed by atoms with Crippen LogP contribution in [0.2, 0.25) is 0 Å². The smallest absolute Gasteiger partial charge is 0.335 e. The summed E-state index contributed by atoms with van der Waals surface area (Å²) in [6.45, 7) is 5.62. The maximum Gasteiger partial charge on any atom is 0.335 e. The number of carboxylic acids is 1. The van der Waals surface area contributed by atoms with Gasteiger partial charge in [0.15, 0.2) is 0 Å². The minimum absolute atomic E-state index is 0.122. The summed E-state index contributed by atoms with van der Waals surface area (Å²) in [6.07, 6.45) is 9.30. The molecule has 220 valence electrons. The van der Waals surface area contributed by atoms with E-state index in [1.165, 1.54) is 50.2 Å². The van der Waals surface area contributed by atoms with Gasteiger partial charge in [-0.2, -0.15) is 0 Å². The minimum Gasteiger partial charge on any atom is -0.478 e. The van der Waals surface area contributed by atoms with E-state index >= 15 is 0 Å². The molecular formula is C35H35N3O5. The molecule has 0 spiro atoms. The van der Waals surface area contributed by atoms with Gasteiger partial charge in [0.05, 0.1) is 11.3 Å². The Morgan fingerprint density at radius 2 is 1.53 bits per heavy atom. The average Bonchev–Trinajstić information content (AvgIpc) is 3.22. The highest BCUT2D eigenvalue weighted by Gasteiger charge is 2.51. The van der Waals surface area contributed by atoms with Gasteiger partial charge in [0, 0.05) is 17.1 Å². The summed E-state index contributed by atoms with van der Waals surface area (Å²) in [7, 11) is 0. The first-order chi connectivity index (χ1) is 20.5. The van der Waals surface area contributed by atoms with Gasteiger partial charge in [0.2, 0.25) is 0 Å². The molecule has 4 aliphatic carbocycles. The Balaban J connectivity index is 1.19. The molecule has 3 aromatic rings. The van der Waals surface area contributed by atoms with Crippen LogP contribution in [-0.2, 0) is 15.0 Å². The van der Waals surface area contributed by atoms with Crippen molar-refractivity contribution in [1.29, 1.82) is 0 Å². The summed E-state index contributed by atoms with van der Waals surface area (Å²) in [5, 5.41) is 11.7. The molecule has 2 heterocycles. The fourth-order valence-electron chi connectivity index (χ4n) is 8.82. The Bertz CT molecular complexity index is 1710. The minimum atomic E-state index is -0.996. The molecule has 43 heavy (non-hydrogen) atoms. The van der Waals surface area contributed by atoms with Crippen molar-refractivity contribution in [2.75, 3.05) is 4.90 Å². The molecule has 8 heteroatoms. The zero-order valence-corrected chi connectivity index (χ0v) is 24.6. The number of nitrogens with zero attached hydrogens (tertiary/aromatic N) is 2. The molecule has 1 aromatic heterocycles. The molecule has 8 nitrogen and oxygen atoms in total. The summed E-state index contributed by atoms with van der Waals surface area (Å²) in [5.41, 5.74) is 5.89. The molecule has 0 unspecified atom stereocenters. The van der Waals surface area contributed by atoms with Crippen molar-refractivity contribution in [1.82, 2.24) is 9.88 Å². The Morgan fingerprint density at radius 1 is 0.907 bits per heavy atom. The van der Waals surface area contributed by atoms with Gasteiger partial charge in [-0.15, -0.1) is 0 Å². The van der Waals surface area contributed by atoms with E-state index in [1.54, 1.807) is 18.2 Å². The van der Waals surface area contributed by atoms with Crippen LogP contribution in [0.1, 0.15) is 77.0 Å². The molecule has 0 radical (unpaired) electrons. The van der Waals surface area contributed by atoms with Gasteiger partial charge in [-0.05, 0) is 142 Å². The molecule has 5 aliphatic rings. The van der Waals surface area contributed by atoms with Crippen molar-refractivity contribution in [2.45, 2.75) is 64.7 Å². The lowest BCUT2D eigenvalue weighted by Crippen LogP contribution is -2.54. The van der Waals surface area contributed by atoms with E-state index in [4.69, 9.17) is 0 Å². The number of rotatable bonds is 5. The maximum atomic E-state index is 13.7. The molecule has 0 atom stereocenters. The fourth-order valence-corrected chi connectivity index (χ4v) is 8.82. The second kappa shape index (κ2) is 9.79. The number of carbonyl (C=O) groups excluding carboxylic acids is 3. The zero-order chi connectivity index (χ0) is 30.2. The largest absolute Gasteiger partial charge is 0.478 e. The predicted octanol–water partition coefficient (Wildman–Crippen LogP) is 6.23. The molecule has 8 rings (SSSR count). The molecule has 1 saturated heterocycles. The number of hydrogen-bond donors (Lipinski definition) is 2. The number of benzene rings is 2. The number of anilines is 1. The van der Waals surface area contributed by atoms with Crippen molar-refractivity contribution in [3.63, 3.8) is 0 Å². The number of imide groups is 2. The van der Waals surface area contributed by atoms with Crippen LogP contribution in [-0.4, -0.2) is 33.5 Å². The molecular weight excluding hydrogens is 542 g/mol. The van der Waals surface area contributed by atoms with Gasteiger partial charge < -0.3 is 9.67 Å². The van der Waals surface area contributed by atoms with Crippen LogP contribution in [0, 0.1) is 38.5 Å². The number of urea groups is 1. The summed E-state index contributed by atoms with van der Waals surface area (Å²) in [5.74, 6) is 0.0489. The molecule has 4 saturated carbocycles. The third-order valence-corrected chi connectivity index (χ3v) is 10.3. The van der Waals surface area contributed by atoms with Crippen molar-refractivity contribution in [2.24, 2.45) is 17.8 Å². The van der Waals surface area contributed by atoms with Crippen LogP contribution < -0.4 is 10.2 Å². The lowest BCUT2D eigenvalue weighted by Gasteiger charge is -2.57. The maximum absolute atomic E-state index is 13.7. The van der Waals surface area contributed by atoms with Crippen LogP contribution in [0.15, 0.2) is 54.1 Å². The number of aryl methyl sites for hydroxylation is 2. The van der Waals surface area contributed by atoms with Gasteiger partial charge in [-0.25, -0.2) is 14.5 Å². The van der Waals surface area contributed by atoms with E-state index in [-0.39, 0.29) is 16.6 Å². The SMILES string of the molecule is Cc1cc(C(=O)O)ccc1-n1c(C)cc(/C=C2\C(=O)NC(=O)N(c3ccc(C45CC6CC(CC(C6)C4)C5)cc3)C2=O)c1C. The van der Waals surface area contributed by atoms with Crippen LogP contribution in [0.25, 0.3) is 11.8 Å². The first-order valence-corrected chi connectivity index (χ1v) is 15.1. The van der Waals surface area contributed by atoms with Crippen LogP contribution in [0.4, 0.5) is 10.5 Å². The van der Waals surface area contributed by atoms with E-state index in [0.29, 0.717) is 11.3 Å². The molecule has 2 aromatic carbocycles. The highest BCUT2D eigenvalue weighted by molar-refractivity contribution is 6.39. The summed E-state index contributed by atoms with van der Waals surface area (Å²) >= 11 is 0. The predicted molar refractivity (Wildman–Crippen MR) is 162 cm³/mol. The third-order valence-electron chi connectivity index (χ3n) is 10.3. The number of aromatic carboxylic acids is 1. The van der Waals surface area contributed by atoms with Crippen LogP contribution >= 0.6 is 0 Å². The summed E-state index contributed by atoms with van der Waals surface area (Å²) in [6, 6.07) is 13.9. The second-order valence-corrected chi connectivity index (χ2v) is 13.2. The molecule has 4 bridgehead atoms. The Hall–Kier alpha value is -4.46. The van der Waals surface area contributed by atoms with Gasteiger partial charge in [0.1, 0.15) is 5.57 Å². The fraction of sp³-hybridized carbons (Fsp3) is 0.371. The first kappa shape index (κ1) is 27.4. The number of nitrogens with one attached hydrogen (secondary N) is 1. The quantitative estimate of drug-likeness (QED) is 0.276. The van der Waals surface area contributed by atoms with Crippen molar-refractivity contribution < 1.29 is 24.3 Å². The number of aromatic nitrogens is 1. The van der Waals surface area contributed by atoms with Gasteiger partial charge in [0.25, 0.3) is 11.8 Å². The third kappa shape index (κ3) is 4.42. The van der Waals surface area contributed by atoms with Gasteiger partial charge in [-0.1, -0.05) is 12.1 Å². The highest BCUT2D eigenvalue weighted by Crippen LogP contribution is 2.60. The average molecular weight is 578 g/mol. The van der Waals surface area contributed by atoms with Crippen LogP contribution in [0.5, 0.6) is 0 Å². The second-order valence-electron chi connectivity index (χ2n) is 13.2. The van der Waals surface area contributed by atoms with E-state index in [0.717, 1.165) is 45.3 Å². The normalized spacial score (nSPS) is 27.2. The summed E-state index contributed by atoms with van der Waals surface area (Å²) in [4.78, 5) is 52.0. The molecule has 5 fully saturated rings. The molecule has 1 aliphatic heterocycles. The summed E-state index contributed by atoms with van der Waals surface area (Å²) < 4.78 is 1.96. The number of barbiturate groups is 1. The standard InChI is InChI=1S/C35H35N3O5/c1-19-10-25(33(41)42)4-9-30(19)37-20(2)11-26(21(37)3)15-29-31(39)36-34(43)38(32(29)40)28-7-5-27(6-8-28)35-16-22-12-23(17-35)14-24(13-22)18-35/h4-11,15,22-24H,12-14,16-18H2,1-3H3,(H,41,42)(H,36,39,43)/b29-15+. The lowest BCUT2D eigenvalue weighted by atomic mass is 9.48. The number of hydrogen-bond acceptors (Lipinski definition) is 4. The Morgan fingerprint density at radius 3 is 2.12 bits per heavy atom. The lowest BCUT2D eigenvalue weighted by molar-refractivity contribution is -0.122. The van der Waals surface area contributed by atoms with Crippen molar-refractivity contribution in [3.8, 4) is 5.69 Å².